The molecule has 88 valence electrons. The van der Waals surface area contributed by atoms with Gasteiger partial charge in [0.25, 0.3) is 0 Å². The van der Waals surface area contributed by atoms with Gasteiger partial charge in [0, 0.05) is 6.54 Å². The van der Waals surface area contributed by atoms with Crippen molar-refractivity contribution in [1.82, 2.24) is 0 Å². The fourth-order valence-corrected chi connectivity index (χ4v) is 1.21. The van der Waals surface area contributed by atoms with Crippen LogP contribution in [0.15, 0.2) is 30.9 Å². The minimum atomic E-state index is -0.302. The first-order valence-electron chi connectivity index (χ1n) is 5.21. The molecule has 1 rings (SSSR count). The summed E-state index contributed by atoms with van der Waals surface area (Å²) in [5.41, 5.74) is 6.81. The third kappa shape index (κ3) is 4.31. The van der Waals surface area contributed by atoms with Crippen LogP contribution in [0.1, 0.15) is 6.42 Å². The van der Waals surface area contributed by atoms with E-state index in [9.17, 15) is 4.39 Å². The summed E-state index contributed by atoms with van der Waals surface area (Å²) in [5.74, 6) is -0.302. The minimum absolute atomic E-state index is 0.302. The minimum Gasteiger partial charge on any atom is -0.397 e. The molecule has 1 aromatic rings. The molecule has 0 saturated heterocycles. The largest absolute Gasteiger partial charge is 0.397 e. The molecule has 0 fully saturated rings. The lowest BCUT2D eigenvalue weighted by Gasteiger charge is -2.09. The molecule has 0 heterocycles. The van der Waals surface area contributed by atoms with Crippen LogP contribution >= 0.6 is 0 Å². The molecule has 0 spiro atoms. The number of benzene rings is 1. The van der Waals surface area contributed by atoms with Gasteiger partial charge in [0.15, 0.2) is 0 Å². The van der Waals surface area contributed by atoms with Gasteiger partial charge in [-0.15, -0.1) is 6.58 Å². The van der Waals surface area contributed by atoms with E-state index in [-0.39, 0.29) is 5.82 Å². The van der Waals surface area contributed by atoms with Crippen LogP contribution in [0.4, 0.5) is 15.8 Å². The lowest BCUT2D eigenvalue weighted by atomic mass is 10.2. The average Bonchev–Trinajstić information content (AvgIpc) is 2.28. The van der Waals surface area contributed by atoms with Gasteiger partial charge in [-0.25, -0.2) is 4.39 Å². The summed E-state index contributed by atoms with van der Waals surface area (Å²) >= 11 is 0. The summed E-state index contributed by atoms with van der Waals surface area (Å²) in [6.45, 7) is 5.41. The van der Waals surface area contributed by atoms with Crippen molar-refractivity contribution in [2.75, 3.05) is 30.8 Å². The van der Waals surface area contributed by atoms with E-state index < -0.39 is 0 Å². The highest BCUT2D eigenvalue weighted by molar-refractivity contribution is 5.65. The number of halogens is 1. The van der Waals surface area contributed by atoms with E-state index >= 15 is 0 Å². The van der Waals surface area contributed by atoms with Crippen molar-refractivity contribution in [3.8, 4) is 0 Å². The Bertz CT molecular complexity index is 342. The van der Waals surface area contributed by atoms with Crippen molar-refractivity contribution < 1.29 is 9.13 Å². The fraction of sp³-hybridized carbons (Fsp3) is 0.333. The van der Waals surface area contributed by atoms with Crippen LogP contribution < -0.4 is 11.1 Å². The third-order valence-corrected chi connectivity index (χ3v) is 2.04. The summed E-state index contributed by atoms with van der Waals surface area (Å²) < 4.78 is 18.2. The molecule has 0 aliphatic carbocycles. The molecule has 0 aliphatic heterocycles. The van der Waals surface area contributed by atoms with Gasteiger partial charge in [-0.3, -0.25) is 0 Å². The topological polar surface area (TPSA) is 47.3 Å². The number of nitrogens with one attached hydrogen (secondary N) is 1. The smallest absolute Gasteiger partial charge is 0.125 e. The highest BCUT2D eigenvalue weighted by Gasteiger charge is 1.99. The van der Waals surface area contributed by atoms with Crippen LogP contribution in [-0.4, -0.2) is 19.8 Å². The number of anilines is 2. The molecule has 0 bridgehead atoms. The lowest BCUT2D eigenvalue weighted by molar-refractivity contribution is 0.149. The molecule has 0 atom stereocenters. The monoisotopic (exact) mass is 224 g/mol. The molecular weight excluding hydrogens is 207 g/mol. The van der Waals surface area contributed by atoms with Crippen molar-refractivity contribution >= 4 is 11.4 Å². The molecule has 3 nitrogen and oxygen atoms in total. The third-order valence-electron chi connectivity index (χ3n) is 2.04. The van der Waals surface area contributed by atoms with E-state index in [0.29, 0.717) is 31.1 Å². The number of nitrogen functional groups attached to an aromatic ring is 1. The number of nitrogens with two attached hydrogens (primary N) is 1. The van der Waals surface area contributed by atoms with E-state index in [1.54, 1.807) is 6.08 Å². The zero-order valence-electron chi connectivity index (χ0n) is 9.21. The van der Waals surface area contributed by atoms with Gasteiger partial charge in [0.1, 0.15) is 5.82 Å². The molecule has 1 aromatic carbocycles. The van der Waals surface area contributed by atoms with E-state index in [2.05, 4.69) is 11.9 Å². The molecule has 0 amide bonds. The molecule has 0 aromatic heterocycles. The number of hydrogen-bond donors (Lipinski definition) is 2. The van der Waals surface area contributed by atoms with E-state index in [4.69, 9.17) is 10.5 Å². The molecule has 3 N–H and O–H groups in total. The number of ether oxygens (including phenoxy) is 1. The van der Waals surface area contributed by atoms with Crippen molar-refractivity contribution in [2.45, 2.75) is 6.42 Å². The first-order chi connectivity index (χ1) is 7.74. The average molecular weight is 224 g/mol. The quantitative estimate of drug-likeness (QED) is 0.425. The Balaban J connectivity index is 2.26. The van der Waals surface area contributed by atoms with Crippen molar-refractivity contribution in [1.29, 1.82) is 0 Å². The molecule has 0 saturated carbocycles. The van der Waals surface area contributed by atoms with Crippen LogP contribution in [0, 0.1) is 5.82 Å². The second kappa shape index (κ2) is 6.85. The Morgan fingerprint density at radius 3 is 3.00 bits per heavy atom. The summed E-state index contributed by atoms with van der Waals surface area (Å²) in [6.07, 6.45) is 2.64. The van der Waals surface area contributed by atoms with Gasteiger partial charge in [-0.1, -0.05) is 6.08 Å². The first-order valence-corrected chi connectivity index (χ1v) is 5.21. The molecule has 0 unspecified atom stereocenters. The standard InChI is InChI=1S/C12H17FN2O/c1-2-3-7-16-8-6-15-12-9-10(13)4-5-11(12)14/h2,4-5,9,15H,1,3,6-8,14H2. The summed E-state index contributed by atoms with van der Waals surface area (Å²) in [6, 6.07) is 4.25. The number of hydrogen-bond acceptors (Lipinski definition) is 3. The Kier molecular flexibility index (Phi) is 5.36. The van der Waals surface area contributed by atoms with E-state index in [1.807, 2.05) is 0 Å². The molecule has 4 heteroatoms. The van der Waals surface area contributed by atoms with Crippen LogP contribution in [-0.2, 0) is 4.74 Å². The fourth-order valence-electron chi connectivity index (χ4n) is 1.21. The van der Waals surface area contributed by atoms with Crippen LogP contribution in [0.25, 0.3) is 0 Å². The normalized spacial score (nSPS) is 10.1. The first kappa shape index (κ1) is 12.5. The van der Waals surface area contributed by atoms with Crippen LogP contribution in [0.5, 0.6) is 0 Å². The number of rotatable bonds is 7. The highest BCUT2D eigenvalue weighted by atomic mass is 19.1. The Morgan fingerprint density at radius 2 is 2.25 bits per heavy atom. The molecule has 16 heavy (non-hydrogen) atoms. The Labute approximate surface area is 95.1 Å². The van der Waals surface area contributed by atoms with Gasteiger partial charge in [-0.05, 0) is 24.6 Å². The SMILES string of the molecule is C=CCCOCCNc1cc(F)ccc1N. The van der Waals surface area contributed by atoms with Crippen molar-refractivity contribution in [3.05, 3.63) is 36.7 Å². The predicted octanol–water partition coefficient (Wildman–Crippen LogP) is 2.41. The Morgan fingerprint density at radius 1 is 1.44 bits per heavy atom. The van der Waals surface area contributed by atoms with Gasteiger partial charge < -0.3 is 15.8 Å². The van der Waals surface area contributed by atoms with Gasteiger partial charge in [0.05, 0.1) is 24.6 Å². The Hall–Kier alpha value is -1.55. The second-order valence-corrected chi connectivity index (χ2v) is 3.35. The maximum absolute atomic E-state index is 12.9. The van der Waals surface area contributed by atoms with Crippen LogP contribution in [0.3, 0.4) is 0 Å². The predicted molar refractivity (Wildman–Crippen MR) is 64.9 cm³/mol. The van der Waals surface area contributed by atoms with E-state index in [0.717, 1.165) is 6.42 Å². The van der Waals surface area contributed by atoms with E-state index in [1.165, 1.54) is 18.2 Å². The summed E-state index contributed by atoms with van der Waals surface area (Å²) in [5, 5.41) is 3.01. The van der Waals surface area contributed by atoms with Gasteiger partial charge >= 0.3 is 0 Å². The zero-order valence-corrected chi connectivity index (χ0v) is 9.21. The molecule has 0 radical (unpaired) electrons. The molecule has 0 aliphatic rings. The maximum atomic E-state index is 12.9. The lowest BCUT2D eigenvalue weighted by Crippen LogP contribution is -2.11. The van der Waals surface area contributed by atoms with Crippen molar-refractivity contribution in [3.63, 3.8) is 0 Å². The van der Waals surface area contributed by atoms with Gasteiger partial charge in [0.2, 0.25) is 0 Å². The second-order valence-electron chi connectivity index (χ2n) is 3.35. The van der Waals surface area contributed by atoms with Crippen molar-refractivity contribution in [2.24, 2.45) is 0 Å². The van der Waals surface area contributed by atoms with Gasteiger partial charge in [-0.2, -0.15) is 0 Å². The molecular formula is C12H17FN2O. The zero-order chi connectivity index (χ0) is 11.8. The van der Waals surface area contributed by atoms with Crippen LogP contribution in [0.2, 0.25) is 0 Å². The highest BCUT2D eigenvalue weighted by Crippen LogP contribution is 2.18. The summed E-state index contributed by atoms with van der Waals surface area (Å²) in [4.78, 5) is 0. The maximum Gasteiger partial charge on any atom is 0.125 e. The summed E-state index contributed by atoms with van der Waals surface area (Å²) in [7, 11) is 0.